The van der Waals surface area contributed by atoms with Crippen molar-refractivity contribution in [2.24, 2.45) is 0 Å². The molecule has 0 atom stereocenters. The van der Waals surface area contributed by atoms with Gasteiger partial charge in [0.15, 0.2) is 0 Å². The number of hydrogen-bond acceptors (Lipinski definition) is 4. The lowest BCUT2D eigenvalue weighted by Crippen LogP contribution is -2.31. The van der Waals surface area contributed by atoms with E-state index in [9.17, 15) is 10.5 Å². The molecule has 230 valence electrons. The highest BCUT2D eigenvalue weighted by atomic mass is 15.2. The fourth-order valence-corrected chi connectivity index (χ4v) is 7.89. The standard InChI is InChI=1S/C44H34N4/c1-43(2)33-13-5-9-17-39(33)47(40-18-10-6-14-34(40)43)37-23-21-29(27-45)25-31(37)32-26-30(28-46)22-24-38(32)48-41-19-11-7-15-35(41)44(3,4)36-16-8-12-20-42(36)48/h5-26H,1-4H3. The first-order valence-electron chi connectivity index (χ1n) is 16.3. The quantitative estimate of drug-likeness (QED) is 0.198. The van der Waals surface area contributed by atoms with Crippen molar-refractivity contribution in [3.8, 4) is 23.3 Å². The summed E-state index contributed by atoms with van der Waals surface area (Å²) >= 11 is 0. The Morgan fingerprint density at radius 2 is 0.688 bits per heavy atom. The molecule has 0 saturated carbocycles. The van der Waals surface area contributed by atoms with Crippen LogP contribution < -0.4 is 9.80 Å². The third-order valence-corrected chi connectivity index (χ3v) is 10.3. The van der Waals surface area contributed by atoms with Gasteiger partial charge in [0, 0.05) is 22.0 Å². The molecule has 4 heteroatoms. The highest BCUT2D eigenvalue weighted by Gasteiger charge is 2.39. The molecular formula is C44H34N4. The average molecular weight is 619 g/mol. The van der Waals surface area contributed by atoms with Gasteiger partial charge in [0.25, 0.3) is 0 Å². The largest absolute Gasteiger partial charge is 0.309 e. The van der Waals surface area contributed by atoms with Crippen LogP contribution >= 0.6 is 0 Å². The van der Waals surface area contributed by atoms with Crippen LogP contribution in [0.5, 0.6) is 0 Å². The van der Waals surface area contributed by atoms with Gasteiger partial charge in [-0.05, 0) is 82.9 Å². The van der Waals surface area contributed by atoms with Gasteiger partial charge in [-0.15, -0.1) is 0 Å². The van der Waals surface area contributed by atoms with Crippen molar-refractivity contribution in [2.45, 2.75) is 38.5 Å². The van der Waals surface area contributed by atoms with E-state index in [2.05, 4.69) is 159 Å². The van der Waals surface area contributed by atoms with E-state index >= 15 is 0 Å². The Bertz CT molecular complexity index is 2080. The third kappa shape index (κ3) is 4.20. The lowest BCUT2D eigenvalue weighted by molar-refractivity contribution is 0.631. The van der Waals surface area contributed by atoms with Crippen molar-refractivity contribution in [1.29, 1.82) is 10.5 Å². The van der Waals surface area contributed by atoms with Crippen LogP contribution in [0.4, 0.5) is 34.1 Å². The smallest absolute Gasteiger partial charge is 0.0991 e. The Balaban J connectivity index is 1.45. The lowest BCUT2D eigenvalue weighted by atomic mass is 9.73. The molecule has 0 radical (unpaired) electrons. The van der Waals surface area contributed by atoms with Crippen molar-refractivity contribution in [3.63, 3.8) is 0 Å². The van der Waals surface area contributed by atoms with Crippen molar-refractivity contribution in [2.75, 3.05) is 9.80 Å². The molecule has 2 heterocycles. The van der Waals surface area contributed by atoms with E-state index in [4.69, 9.17) is 0 Å². The molecule has 0 amide bonds. The van der Waals surface area contributed by atoms with E-state index in [0.29, 0.717) is 11.1 Å². The van der Waals surface area contributed by atoms with E-state index in [0.717, 1.165) is 45.3 Å². The zero-order valence-corrected chi connectivity index (χ0v) is 27.5. The molecule has 0 bridgehead atoms. The van der Waals surface area contributed by atoms with Crippen LogP contribution in [0.25, 0.3) is 11.1 Å². The first-order valence-corrected chi connectivity index (χ1v) is 16.3. The van der Waals surface area contributed by atoms with E-state index in [1.165, 1.54) is 22.3 Å². The van der Waals surface area contributed by atoms with Crippen LogP contribution in [0.2, 0.25) is 0 Å². The minimum atomic E-state index is -0.212. The summed E-state index contributed by atoms with van der Waals surface area (Å²) in [6.07, 6.45) is 0. The second-order valence-electron chi connectivity index (χ2n) is 13.7. The highest BCUT2D eigenvalue weighted by molar-refractivity contribution is 5.99. The Kier molecular flexibility index (Phi) is 6.55. The minimum absolute atomic E-state index is 0.212. The summed E-state index contributed by atoms with van der Waals surface area (Å²) in [5.74, 6) is 0. The second-order valence-corrected chi connectivity index (χ2v) is 13.7. The van der Waals surface area contributed by atoms with Crippen LogP contribution in [0.15, 0.2) is 133 Å². The maximum absolute atomic E-state index is 10.2. The SMILES string of the molecule is CC1(C)c2ccccc2N(c2ccc(C#N)cc2-c2cc(C#N)ccc2N2c3ccccc3C(C)(C)c3ccccc32)c2ccccc21. The van der Waals surface area contributed by atoms with Crippen LogP contribution in [0.3, 0.4) is 0 Å². The molecule has 0 saturated heterocycles. The molecule has 6 aromatic rings. The van der Waals surface area contributed by atoms with Crippen molar-refractivity contribution < 1.29 is 0 Å². The summed E-state index contributed by atoms with van der Waals surface area (Å²) in [6, 6.07) is 51.0. The van der Waals surface area contributed by atoms with Gasteiger partial charge in [0.2, 0.25) is 0 Å². The summed E-state index contributed by atoms with van der Waals surface area (Å²) in [7, 11) is 0. The number of para-hydroxylation sites is 4. The van der Waals surface area contributed by atoms with Crippen molar-refractivity contribution >= 4 is 34.1 Å². The maximum atomic E-state index is 10.2. The third-order valence-electron chi connectivity index (χ3n) is 10.3. The lowest BCUT2D eigenvalue weighted by Gasteiger charge is -2.43. The zero-order chi connectivity index (χ0) is 33.2. The molecule has 0 unspecified atom stereocenters. The van der Waals surface area contributed by atoms with E-state index in [-0.39, 0.29) is 10.8 Å². The molecule has 8 rings (SSSR count). The van der Waals surface area contributed by atoms with Crippen LogP contribution in [0, 0.1) is 22.7 Å². The first kappa shape index (κ1) is 29.3. The van der Waals surface area contributed by atoms with Gasteiger partial charge in [-0.3, -0.25) is 0 Å². The van der Waals surface area contributed by atoms with E-state index in [1.54, 1.807) is 0 Å². The maximum Gasteiger partial charge on any atom is 0.0991 e. The number of nitriles is 2. The normalized spacial score (nSPS) is 14.9. The van der Waals surface area contributed by atoms with Gasteiger partial charge < -0.3 is 9.80 Å². The number of nitrogens with zero attached hydrogens (tertiary/aromatic N) is 4. The molecule has 6 aromatic carbocycles. The van der Waals surface area contributed by atoms with Crippen molar-refractivity contribution in [1.82, 2.24) is 0 Å². The monoisotopic (exact) mass is 618 g/mol. The van der Waals surface area contributed by atoms with Gasteiger partial charge >= 0.3 is 0 Å². The molecule has 0 aromatic heterocycles. The fourth-order valence-electron chi connectivity index (χ4n) is 7.89. The topological polar surface area (TPSA) is 54.1 Å². The van der Waals surface area contributed by atoms with Crippen LogP contribution in [0.1, 0.15) is 61.1 Å². The fraction of sp³-hybridized carbons (Fsp3) is 0.136. The number of anilines is 6. The molecule has 0 aliphatic carbocycles. The molecule has 0 spiro atoms. The molecular weight excluding hydrogens is 585 g/mol. The van der Waals surface area contributed by atoms with Gasteiger partial charge in [-0.2, -0.15) is 10.5 Å². The van der Waals surface area contributed by atoms with Crippen molar-refractivity contribution in [3.05, 3.63) is 167 Å². The molecule has 0 fully saturated rings. The Morgan fingerprint density at radius 1 is 0.396 bits per heavy atom. The van der Waals surface area contributed by atoms with Gasteiger partial charge in [-0.1, -0.05) is 100 Å². The second kappa shape index (κ2) is 10.7. The molecule has 2 aliphatic heterocycles. The molecule has 48 heavy (non-hydrogen) atoms. The molecule has 2 aliphatic rings. The van der Waals surface area contributed by atoms with E-state index < -0.39 is 0 Å². The average Bonchev–Trinajstić information content (AvgIpc) is 3.12. The van der Waals surface area contributed by atoms with Gasteiger partial charge in [0.1, 0.15) is 0 Å². The number of hydrogen-bond donors (Lipinski definition) is 0. The van der Waals surface area contributed by atoms with Crippen LogP contribution in [-0.4, -0.2) is 0 Å². The number of fused-ring (bicyclic) bond motifs is 4. The predicted octanol–water partition coefficient (Wildman–Crippen LogP) is 11.3. The van der Waals surface area contributed by atoms with Gasteiger partial charge in [-0.25, -0.2) is 0 Å². The zero-order valence-electron chi connectivity index (χ0n) is 27.5. The minimum Gasteiger partial charge on any atom is -0.309 e. The molecule has 4 nitrogen and oxygen atoms in total. The summed E-state index contributed by atoms with van der Waals surface area (Å²) < 4.78 is 0. The van der Waals surface area contributed by atoms with Crippen LogP contribution in [-0.2, 0) is 10.8 Å². The Morgan fingerprint density at radius 3 is 0.979 bits per heavy atom. The summed E-state index contributed by atoms with van der Waals surface area (Å²) in [5, 5.41) is 20.4. The summed E-state index contributed by atoms with van der Waals surface area (Å²) in [4.78, 5) is 4.66. The Hall–Kier alpha value is -6.10. The molecule has 0 N–H and O–H groups in total. The highest BCUT2D eigenvalue weighted by Crippen LogP contribution is 2.56. The Labute approximate surface area is 282 Å². The van der Waals surface area contributed by atoms with E-state index in [1.807, 2.05) is 24.3 Å². The summed E-state index contributed by atoms with van der Waals surface area (Å²) in [5.41, 5.74) is 13.6. The predicted molar refractivity (Wildman–Crippen MR) is 195 cm³/mol. The van der Waals surface area contributed by atoms with Gasteiger partial charge in [0.05, 0.1) is 57.4 Å². The number of rotatable bonds is 3. The number of benzene rings is 6. The summed E-state index contributed by atoms with van der Waals surface area (Å²) in [6.45, 7) is 9.12. The first-order chi connectivity index (χ1) is 23.3.